The van der Waals surface area contributed by atoms with Crippen LogP contribution in [0.15, 0.2) is 78.1 Å². The fraction of sp³-hybridized carbons (Fsp3) is 0.0435. The molecule has 3 N–H and O–H groups in total. The summed E-state index contributed by atoms with van der Waals surface area (Å²) in [5.41, 5.74) is 8.35. The van der Waals surface area contributed by atoms with E-state index in [1.54, 1.807) is 22.9 Å². The number of aromatic nitrogens is 4. The Morgan fingerprint density at radius 1 is 1.06 bits per heavy atom. The van der Waals surface area contributed by atoms with Gasteiger partial charge in [-0.2, -0.15) is 0 Å². The minimum atomic E-state index is -0.351. The third kappa shape index (κ3) is 4.30. The van der Waals surface area contributed by atoms with Gasteiger partial charge >= 0.3 is 0 Å². The number of nitrogen functional groups attached to an aromatic ring is 1. The molecular formula is C23H17FN6OS2. The fourth-order valence-electron chi connectivity index (χ4n) is 3.30. The van der Waals surface area contributed by atoms with Gasteiger partial charge in [0.2, 0.25) is 5.91 Å². The maximum Gasteiger partial charge on any atom is 0.234 e. The van der Waals surface area contributed by atoms with Crippen molar-refractivity contribution in [3.8, 4) is 16.4 Å². The number of thiophene rings is 1. The lowest BCUT2D eigenvalue weighted by molar-refractivity contribution is -0.113. The predicted octanol–water partition coefficient (Wildman–Crippen LogP) is 5.00. The number of nitrogens with zero attached hydrogens (tertiary/aromatic N) is 4. The normalized spacial score (nSPS) is 11.1. The first kappa shape index (κ1) is 21.1. The van der Waals surface area contributed by atoms with Crippen molar-refractivity contribution in [1.82, 2.24) is 19.7 Å². The number of amides is 1. The van der Waals surface area contributed by atoms with Gasteiger partial charge in [-0.3, -0.25) is 9.36 Å². The molecule has 2 aromatic carbocycles. The molecule has 0 fully saturated rings. The van der Waals surface area contributed by atoms with E-state index in [4.69, 9.17) is 5.73 Å². The number of halogens is 1. The Hall–Kier alpha value is -3.76. The zero-order chi connectivity index (χ0) is 22.8. The first-order chi connectivity index (χ1) is 16.1. The second kappa shape index (κ2) is 9.00. The van der Waals surface area contributed by atoms with Crippen molar-refractivity contribution >= 4 is 50.6 Å². The molecule has 164 valence electrons. The fourth-order valence-corrected chi connectivity index (χ4v) is 5.09. The summed E-state index contributed by atoms with van der Waals surface area (Å²) in [5.74, 6) is 0.105. The van der Waals surface area contributed by atoms with Gasteiger partial charge in [-0.05, 0) is 48.5 Å². The number of thioether (sulfide) groups is 1. The predicted molar refractivity (Wildman–Crippen MR) is 130 cm³/mol. The van der Waals surface area contributed by atoms with E-state index in [0.717, 1.165) is 10.2 Å². The number of benzene rings is 2. The van der Waals surface area contributed by atoms with Crippen LogP contribution in [0.4, 0.5) is 15.8 Å². The summed E-state index contributed by atoms with van der Waals surface area (Å²) < 4.78 is 15.4. The highest BCUT2D eigenvalue weighted by molar-refractivity contribution is 7.99. The van der Waals surface area contributed by atoms with Crippen LogP contribution in [0.1, 0.15) is 0 Å². The van der Waals surface area contributed by atoms with E-state index in [1.807, 2.05) is 42.5 Å². The summed E-state index contributed by atoms with van der Waals surface area (Å²) >= 11 is 2.64. The van der Waals surface area contributed by atoms with Crippen molar-refractivity contribution in [3.63, 3.8) is 0 Å². The van der Waals surface area contributed by atoms with Gasteiger partial charge in [-0.15, -0.1) is 21.5 Å². The minimum absolute atomic E-state index is 0.123. The highest BCUT2D eigenvalue weighted by Gasteiger charge is 2.22. The van der Waals surface area contributed by atoms with Crippen molar-refractivity contribution in [2.75, 3.05) is 16.8 Å². The summed E-state index contributed by atoms with van der Waals surface area (Å²) in [6, 6.07) is 19.0. The Bertz CT molecular complexity index is 1430. The van der Waals surface area contributed by atoms with Crippen molar-refractivity contribution in [3.05, 3.63) is 78.7 Å². The number of para-hydroxylation sites is 1. The maximum absolute atomic E-state index is 13.6. The van der Waals surface area contributed by atoms with E-state index in [0.29, 0.717) is 32.9 Å². The van der Waals surface area contributed by atoms with E-state index < -0.39 is 0 Å². The molecule has 1 amide bonds. The maximum atomic E-state index is 13.6. The molecule has 0 spiro atoms. The summed E-state index contributed by atoms with van der Waals surface area (Å²) in [5, 5.41) is 12.9. The number of rotatable bonds is 6. The molecule has 33 heavy (non-hydrogen) atoms. The first-order valence-corrected chi connectivity index (χ1v) is 11.7. The first-order valence-electron chi connectivity index (χ1n) is 9.92. The third-order valence-corrected chi connectivity index (χ3v) is 6.87. The monoisotopic (exact) mass is 476 g/mol. The number of nitrogens with two attached hydrogens (primary N) is 1. The molecule has 0 aliphatic heterocycles. The summed E-state index contributed by atoms with van der Waals surface area (Å²) in [6.45, 7) is 0. The van der Waals surface area contributed by atoms with Crippen molar-refractivity contribution in [2.24, 2.45) is 0 Å². The molecule has 3 aromatic heterocycles. The van der Waals surface area contributed by atoms with E-state index in [1.165, 1.54) is 35.2 Å². The number of hydrogen-bond acceptors (Lipinski definition) is 7. The quantitative estimate of drug-likeness (QED) is 0.335. The molecule has 0 aliphatic carbocycles. The van der Waals surface area contributed by atoms with Crippen LogP contribution in [-0.2, 0) is 4.79 Å². The standard InChI is InChI=1S/C23H17FN6OS2/c24-14-8-10-16(11-9-14)30-21(20-19(25)17-7-4-12-26-22(17)33-20)28-29-23(30)32-13-18(31)27-15-5-2-1-3-6-15/h1-12H,13,25H2,(H,27,31). The molecule has 3 heterocycles. The largest absolute Gasteiger partial charge is 0.397 e. The lowest BCUT2D eigenvalue weighted by Crippen LogP contribution is -2.14. The summed E-state index contributed by atoms with van der Waals surface area (Å²) in [4.78, 5) is 18.3. The number of carbonyl (C=O) groups is 1. The number of carbonyl (C=O) groups excluding carboxylic acids is 1. The van der Waals surface area contributed by atoms with Gasteiger partial charge in [0.1, 0.15) is 10.6 Å². The molecule has 0 unspecified atom stereocenters. The van der Waals surface area contributed by atoms with Crippen LogP contribution in [0.5, 0.6) is 0 Å². The van der Waals surface area contributed by atoms with Crippen LogP contribution < -0.4 is 11.1 Å². The third-order valence-electron chi connectivity index (χ3n) is 4.82. The highest BCUT2D eigenvalue weighted by atomic mass is 32.2. The van der Waals surface area contributed by atoms with Crippen molar-refractivity contribution < 1.29 is 9.18 Å². The lowest BCUT2D eigenvalue weighted by Gasteiger charge is -2.10. The number of pyridine rings is 1. The van der Waals surface area contributed by atoms with Crippen LogP contribution in [0.3, 0.4) is 0 Å². The van der Waals surface area contributed by atoms with Gasteiger partial charge < -0.3 is 11.1 Å². The number of hydrogen-bond donors (Lipinski definition) is 2. The molecule has 7 nitrogen and oxygen atoms in total. The highest BCUT2D eigenvalue weighted by Crippen LogP contribution is 2.40. The molecule has 0 atom stereocenters. The van der Waals surface area contributed by atoms with Crippen LogP contribution in [0.2, 0.25) is 0 Å². The van der Waals surface area contributed by atoms with Gasteiger partial charge in [-0.25, -0.2) is 9.37 Å². The molecule has 0 saturated carbocycles. The Morgan fingerprint density at radius 2 is 1.85 bits per heavy atom. The number of nitrogens with one attached hydrogen (secondary N) is 1. The van der Waals surface area contributed by atoms with Gasteiger partial charge in [0, 0.05) is 23.0 Å². The lowest BCUT2D eigenvalue weighted by atomic mass is 10.2. The molecule has 5 aromatic rings. The smallest absolute Gasteiger partial charge is 0.234 e. The van der Waals surface area contributed by atoms with E-state index in [-0.39, 0.29) is 17.5 Å². The molecule has 0 radical (unpaired) electrons. The average molecular weight is 477 g/mol. The van der Waals surface area contributed by atoms with E-state index >= 15 is 0 Å². The SMILES string of the molecule is Nc1c(-c2nnc(SCC(=O)Nc3ccccc3)n2-c2ccc(F)cc2)sc2ncccc12. The van der Waals surface area contributed by atoms with E-state index in [2.05, 4.69) is 20.5 Å². The van der Waals surface area contributed by atoms with E-state index in [9.17, 15) is 9.18 Å². The number of fused-ring (bicyclic) bond motifs is 1. The minimum Gasteiger partial charge on any atom is -0.397 e. The van der Waals surface area contributed by atoms with Crippen LogP contribution >= 0.6 is 23.1 Å². The summed E-state index contributed by atoms with van der Waals surface area (Å²) in [7, 11) is 0. The van der Waals surface area contributed by atoms with Gasteiger partial charge in [0.05, 0.1) is 16.3 Å². The molecule has 5 rings (SSSR count). The zero-order valence-electron chi connectivity index (χ0n) is 17.1. The summed E-state index contributed by atoms with van der Waals surface area (Å²) in [6.07, 6.45) is 1.71. The van der Waals surface area contributed by atoms with Gasteiger partial charge in [0.15, 0.2) is 11.0 Å². The Morgan fingerprint density at radius 3 is 2.61 bits per heavy atom. The molecule has 0 bridgehead atoms. The Kier molecular flexibility index (Phi) is 5.76. The number of anilines is 2. The van der Waals surface area contributed by atoms with Crippen LogP contribution in [-0.4, -0.2) is 31.4 Å². The van der Waals surface area contributed by atoms with Crippen LogP contribution in [0.25, 0.3) is 26.6 Å². The molecular weight excluding hydrogens is 459 g/mol. The Labute approximate surface area is 196 Å². The second-order valence-electron chi connectivity index (χ2n) is 7.02. The molecule has 10 heteroatoms. The second-order valence-corrected chi connectivity index (χ2v) is 8.96. The van der Waals surface area contributed by atoms with Crippen molar-refractivity contribution in [2.45, 2.75) is 5.16 Å². The average Bonchev–Trinajstić information content (AvgIpc) is 3.40. The Balaban J connectivity index is 1.50. The zero-order valence-corrected chi connectivity index (χ0v) is 18.7. The van der Waals surface area contributed by atoms with Crippen LogP contribution in [0, 0.1) is 5.82 Å². The van der Waals surface area contributed by atoms with Gasteiger partial charge in [0.25, 0.3) is 0 Å². The van der Waals surface area contributed by atoms with Crippen molar-refractivity contribution in [1.29, 1.82) is 0 Å². The van der Waals surface area contributed by atoms with Gasteiger partial charge in [-0.1, -0.05) is 30.0 Å². The molecule has 0 aliphatic rings. The topological polar surface area (TPSA) is 98.7 Å². The molecule has 0 saturated heterocycles.